The van der Waals surface area contributed by atoms with Gasteiger partial charge in [0.1, 0.15) is 6.10 Å². The predicted octanol–water partition coefficient (Wildman–Crippen LogP) is 0.441. The van der Waals surface area contributed by atoms with Crippen LogP contribution in [-0.2, 0) is 4.74 Å². The van der Waals surface area contributed by atoms with Crippen molar-refractivity contribution in [1.82, 2.24) is 4.98 Å². The van der Waals surface area contributed by atoms with Gasteiger partial charge in [0.2, 0.25) is 5.88 Å². The number of rotatable bonds is 2. The average molecular weight is 169 g/mol. The van der Waals surface area contributed by atoms with Crippen LogP contribution in [0.3, 0.4) is 0 Å². The lowest BCUT2D eigenvalue weighted by molar-refractivity contribution is -0.0813. The molecule has 1 aliphatic rings. The van der Waals surface area contributed by atoms with Crippen LogP contribution >= 0.6 is 0 Å². The summed E-state index contributed by atoms with van der Waals surface area (Å²) in [7, 11) is 0. The van der Waals surface area contributed by atoms with Crippen LogP contribution in [0.1, 0.15) is 4.11 Å². The smallest absolute Gasteiger partial charge is 0.215 e. The van der Waals surface area contributed by atoms with Crippen LogP contribution in [0.4, 0.5) is 5.69 Å². The van der Waals surface area contributed by atoms with Crippen LogP contribution in [0.15, 0.2) is 18.3 Å². The van der Waals surface area contributed by atoms with E-state index < -0.39 is 0 Å². The first kappa shape index (κ1) is 4.67. The number of hydrogen-bond acceptors (Lipinski definition) is 4. The third-order valence-electron chi connectivity index (χ3n) is 1.48. The minimum atomic E-state index is -0.279. The molecule has 0 amide bonds. The van der Waals surface area contributed by atoms with Gasteiger partial charge in [0.15, 0.2) is 0 Å². The van der Waals surface area contributed by atoms with E-state index in [1.54, 1.807) is 0 Å². The van der Waals surface area contributed by atoms with E-state index in [0.717, 1.165) is 0 Å². The van der Waals surface area contributed by atoms with Gasteiger partial charge in [-0.15, -0.1) is 0 Å². The first-order valence-corrected chi connectivity index (χ1v) is 3.57. The first-order valence-electron chi connectivity index (χ1n) is 5.07. The number of aromatic nitrogens is 1. The molecule has 0 bridgehead atoms. The fraction of sp³-hybridized carbons (Fsp3) is 0.375. The van der Waals surface area contributed by atoms with E-state index in [1.807, 2.05) is 0 Å². The van der Waals surface area contributed by atoms with Crippen molar-refractivity contribution in [2.24, 2.45) is 0 Å². The standard InChI is InChI=1S/C8H10N2O2/c9-6-1-2-10-8(3-6)12-7-4-11-5-7/h1-3,7H,4-5H2,(H2,9,10)/i1D,2D,3D. The van der Waals surface area contributed by atoms with E-state index in [2.05, 4.69) is 4.98 Å². The van der Waals surface area contributed by atoms with E-state index >= 15 is 0 Å². The highest BCUT2D eigenvalue weighted by Gasteiger charge is 2.20. The Kier molecular flexibility index (Phi) is 1.16. The van der Waals surface area contributed by atoms with Gasteiger partial charge < -0.3 is 15.2 Å². The predicted molar refractivity (Wildman–Crippen MR) is 43.9 cm³/mol. The van der Waals surface area contributed by atoms with Gasteiger partial charge in [-0.1, -0.05) is 0 Å². The van der Waals surface area contributed by atoms with Crippen LogP contribution < -0.4 is 10.5 Å². The molecule has 2 heterocycles. The number of pyridine rings is 1. The highest BCUT2D eigenvalue weighted by Crippen LogP contribution is 2.15. The lowest BCUT2D eigenvalue weighted by atomic mass is 10.3. The van der Waals surface area contributed by atoms with Crippen molar-refractivity contribution in [1.29, 1.82) is 0 Å². The van der Waals surface area contributed by atoms with Gasteiger partial charge in [0.05, 0.1) is 17.3 Å². The number of anilines is 1. The van der Waals surface area contributed by atoms with E-state index in [1.165, 1.54) is 0 Å². The Morgan fingerprint density at radius 2 is 2.58 bits per heavy atom. The number of hydrogen-bond donors (Lipinski definition) is 1. The van der Waals surface area contributed by atoms with E-state index in [4.69, 9.17) is 19.3 Å². The Morgan fingerprint density at radius 3 is 3.25 bits per heavy atom. The molecule has 0 unspecified atom stereocenters. The molecule has 0 aliphatic carbocycles. The number of ether oxygens (including phenoxy) is 2. The van der Waals surface area contributed by atoms with Crippen molar-refractivity contribution in [2.45, 2.75) is 6.10 Å². The summed E-state index contributed by atoms with van der Waals surface area (Å²) in [6, 6.07) is -0.375. The zero-order valence-electron chi connectivity index (χ0n) is 9.33. The second-order valence-electron chi connectivity index (χ2n) is 2.47. The van der Waals surface area contributed by atoms with Crippen LogP contribution in [0.25, 0.3) is 0 Å². The van der Waals surface area contributed by atoms with Crippen molar-refractivity contribution in [3.8, 4) is 5.88 Å². The normalized spacial score (nSPS) is 20.5. The second-order valence-corrected chi connectivity index (χ2v) is 2.47. The summed E-state index contributed by atoms with van der Waals surface area (Å²) in [5.41, 5.74) is 5.39. The van der Waals surface area contributed by atoms with Crippen LogP contribution in [0.2, 0.25) is 0 Å². The maximum Gasteiger partial charge on any atom is 0.215 e. The van der Waals surface area contributed by atoms with Crippen molar-refractivity contribution < 1.29 is 13.6 Å². The summed E-state index contributed by atoms with van der Waals surface area (Å²) in [6.45, 7) is 0.911. The molecule has 0 atom stereocenters. The van der Waals surface area contributed by atoms with Crippen molar-refractivity contribution in [2.75, 3.05) is 18.9 Å². The average Bonchev–Trinajstić information content (AvgIpc) is 2.15. The molecule has 1 aliphatic heterocycles. The molecule has 0 spiro atoms. The fourth-order valence-corrected chi connectivity index (χ4v) is 0.809. The minimum Gasteiger partial charge on any atom is -0.469 e. The van der Waals surface area contributed by atoms with E-state index in [9.17, 15) is 0 Å². The molecule has 0 radical (unpaired) electrons. The summed E-state index contributed by atoms with van der Waals surface area (Å²) in [5.74, 6) is 0.00167. The first-order chi connectivity index (χ1) is 7.09. The molecule has 0 saturated carbocycles. The highest BCUT2D eigenvalue weighted by atomic mass is 16.6. The van der Waals surface area contributed by atoms with Gasteiger partial charge in [-0.05, 0) is 6.04 Å². The van der Waals surface area contributed by atoms with Crippen LogP contribution in [-0.4, -0.2) is 24.3 Å². The van der Waals surface area contributed by atoms with Gasteiger partial charge in [-0.25, -0.2) is 4.98 Å². The molecule has 1 saturated heterocycles. The van der Waals surface area contributed by atoms with Crippen LogP contribution in [0.5, 0.6) is 5.88 Å². The molecule has 2 N–H and O–H groups in total. The van der Waals surface area contributed by atoms with Gasteiger partial charge in [-0.2, -0.15) is 0 Å². The summed E-state index contributed by atoms with van der Waals surface area (Å²) in [6.07, 6.45) is -0.407. The molecule has 4 nitrogen and oxygen atoms in total. The summed E-state index contributed by atoms with van der Waals surface area (Å²) in [5, 5.41) is 0. The summed E-state index contributed by atoms with van der Waals surface area (Å²) in [4.78, 5) is 3.69. The SMILES string of the molecule is [2H]c1nc(OC2COC2)c([2H])c(N)c1[2H]. The number of nitrogens with two attached hydrogens (primary N) is 1. The van der Waals surface area contributed by atoms with Crippen LogP contribution in [0, 0.1) is 0 Å². The van der Waals surface area contributed by atoms with Crippen molar-refractivity contribution >= 4 is 5.69 Å². The van der Waals surface area contributed by atoms with E-state index in [0.29, 0.717) is 13.2 Å². The molecular weight excluding hydrogens is 156 g/mol. The molecule has 1 aromatic heterocycles. The Hall–Kier alpha value is -1.29. The topological polar surface area (TPSA) is 57.4 Å². The Balaban J connectivity index is 2.30. The monoisotopic (exact) mass is 169 g/mol. The fourth-order valence-electron chi connectivity index (χ4n) is 0.809. The number of nitrogens with zero attached hydrogens (tertiary/aromatic N) is 1. The Bertz CT molecular complexity index is 396. The molecular formula is C8H10N2O2. The van der Waals surface area contributed by atoms with E-state index in [-0.39, 0.29) is 35.9 Å². The lowest BCUT2D eigenvalue weighted by Gasteiger charge is -2.25. The third-order valence-corrected chi connectivity index (χ3v) is 1.48. The maximum atomic E-state index is 7.57. The molecule has 2 rings (SSSR count). The largest absolute Gasteiger partial charge is 0.469 e. The van der Waals surface area contributed by atoms with Crippen molar-refractivity contribution in [3.63, 3.8) is 0 Å². The lowest BCUT2D eigenvalue weighted by Crippen LogP contribution is -2.38. The van der Waals surface area contributed by atoms with Gasteiger partial charge in [-0.3, -0.25) is 0 Å². The summed E-state index contributed by atoms with van der Waals surface area (Å²) < 4.78 is 32.5. The zero-order valence-corrected chi connectivity index (χ0v) is 6.33. The maximum absolute atomic E-state index is 7.57. The van der Waals surface area contributed by atoms with Gasteiger partial charge in [0, 0.05) is 17.9 Å². The number of nitrogen functional groups attached to an aromatic ring is 1. The molecule has 4 heteroatoms. The molecule has 1 aromatic rings. The van der Waals surface area contributed by atoms with Crippen molar-refractivity contribution in [3.05, 3.63) is 18.3 Å². The third kappa shape index (κ3) is 1.48. The Labute approximate surface area is 74.5 Å². The molecule has 12 heavy (non-hydrogen) atoms. The van der Waals surface area contributed by atoms with Gasteiger partial charge in [0.25, 0.3) is 0 Å². The quantitative estimate of drug-likeness (QED) is 0.698. The molecule has 1 fully saturated rings. The Morgan fingerprint density at radius 1 is 1.75 bits per heavy atom. The minimum absolute atomic E-state index is 0.00167. The summed E-state index contributed by atoms with van der Waals surface area (Å²) >= 11 is 0. The zero-order chi connectivity index (χ0) is 11.0. The van der Waals surface area contributed by atoms with Gasteiger partial charge >= 0.3 is 0 Å². The molecule has 0 aromatic carbocycles. The second kappa shape index (κ2) is 2.98. The molecule has 64 valence electrons. The highest BCUT2D eigenvalue weighted by molar-refractivity contribution is 5.39.